The Morgan fingerprint density at radius 1 is 1.14 bits per heavy atom. The molecule has 2 aliphatic rings. The molecule has 1 saturated carbocycles. The van der Waals surface area contributed by atoms with Crippen LogP contribution in [0.5, 0.6) is 0 Å². The lowest BCUT2D eigenvalue weighted by Crippen LogP contribution is -2.51. The van der Waals surface area contributed by atoms with Crippen molar-refractivity contribution >= 4 is 23.3 Å². The molecule has 1 aliphatic carbocycles. The van der Waals surface area contributed by atoms with Crippen molar-refractivity contribution in [3.05, 3.63) is 41.1 Å². The number of piperazine rings is 1. The maximum Gasteiger partial charge on any atom is 0.321 e. The van der Waals surface area contributed by atoms with E-state index < -0.39 is 0 Å². The Morgan fingerprint density at radius 2 is 1.86 bits per heavy atom. The molecule has 0 bridgehead atoms. The van der Waals surface area contributed by atoms with E-state index in [1.807, 2.05) is 29.3 Å². The fraction of sp³-hybridized carbons (Fsp3) is 0.471. The van der Waals surface area contributed by atoms with E-state index in [0.717, 1.165) is 49.7 Å². The zero-order valence-electron chi connectivity index (χ0n) is 12.7. The molecule has 2 amide bonds. The molecule has 1 saturated heterocycles. The third-order valence-corrected chi connectivity index (χ3v) is 4.62. The number of rotatable bonds is 2. The van der Waals surface area contributed by atoms with Gasteiger partial charge in [-0.1, -0.05) is 23.2 Å². The molecule has 22 heavy (non-hydrogen) atoms. The summed E-state index contributed by atoms with van der Waals surface area (Å²) in [4.78, 5) is 16.3. The summed E-state index contributed by atoms with van der Waals surface area (Å²) in [5.74, 6) is 0. The molecular formula is C17H22ClN3O. The molecule has 0 aromatic heterocycles. The minimum Gasteiger partial charge on any atom is -0.368 e. The van der Waals surface area contributed by atoms with Crippen molar-refractivity contribution < 1.29 is 4.79 Å². The molecule has 4 nitrogen and oxygen atoms in total. The maximum absolute atomic E-state index is 12.2. The van der Waals surface area contributed by atoms with Crippen LogP contribution in [0.1, 0.15) is 25.7 Å². The molecule has 2 fully saturated rings. The predicted octanol–water partition coefficient (Wildman–Crippen LogP) is 3.63. The van der Waals surface area contributed by atoms with Crippen molar-refractivity contribution in [2.24, 2.45) is 0 Å². The summed E-state index contributed by atoms with van der Waals surface area (Å²) in [5.41, 5.74) is 2.49. The van der Waals surface area contributed by atoms with E-state index in [9.17, 15) is 4.79 Å². The summed E-state index contributed by atoms with van der Waals surface area (Å²) in [7, 11) is 0. The molecule has 5 heteroatoms. The summed E-state index contributed by atoms with van der Waals surface area (Å²) in [6, 6.07) is 7.90. The van der Waals surface area contributed by atoms with Gasteiger partial charge in [-0.3, -0.25) is 0 Å². The first-order valence-electron chi connectivity index (χ1n) is 7.96. The molecule has 1 heterocycles. The van der Waals surface area contributed by atoms with Crippen LogP contribution < -0.4 is 10.2 Å². The predicted molar refractivity (Wildman–Crippen MR) is 90.3 cm³/mol. The zero-order chi connectivity index (χ0) is 15.4. The normalized spacial score (nSPS) is 18.5. The smallest absolute Gasteiger partial charge is 0.321 e. The highest BCUT2D eigenvalue weighted by molar-refractivity contribution is 6.30. The van der Waals surface area contributed by atoms with Crippen molar-refractivity contribution in [3.8, 4) is 0 Å². The third-order valence-electron chi connectivity index (χ3n) is 4.39. The van der Waals surface area contributed by atoms with Gasteiger partial charge < -0.3 is 15.1 Å². The van der Waals surface area contributed by atoms with E-state index >= 15 is 0 Å². The average molecular weight is 320 g/mol. The molecule has 0 unspecified atom stereocenters. The number of benzene rings is 1. The molecule has 118 valence electrons. The summed E-state index contributed by atoms with van der Waals surface area (Å²) in [6.45, 7) is 3.15. The lowest BCUT2D eigenvalue weighted by Gasteiger charge is -2.36. The highest BCUT2D eigenvalue weighted by Crippen LogP contribution is 2.23. The second-order valence-electron chi connectivity index (χ2n) is 5.91. The minimum absolute atomic E-state index is 0.0187. The number of nitrogens with zero attached hydrogens (tertiary/aromatic N) is 2. The Labute approximate surface area is 136 Å². The number of carbonyl (C=O) groups excluding carboxylic acids is 1. The summed E-state index contributed by atoms with van der Waals surface area (Å²) in [6.07, 6.45) is 6.67. The van der Waals surface area contributed by atoms with Gasteiger partial charge in [-0.05, 0) is 43.9 Å². The van der Waals surface area contributed by atoms with Gasteiger partial charge in [0.25, 0.3) is 0 Å². The van der Waals surface area contributed by atoms with Gasteiger partial charge in [0, 0.05) is 43.1 Å². The molecule has 1 aliphatic heterocycles. The number of carbonyl (C=O) groups is 1. The largest absolute Gasteiger partial charge is 0.368 e. The number of amides is 2. The highest BCUT2D eigenvalue weighted by Gasteiger charge is 2.21. The van der Waals surface area contributed by atoms with Gasteiger partial charge in [-0.15, -0.1) is 0 Å². The summed E-state index contributed by atoms with van der Waals surface area (Å²) in [5, 5.41) is 3.69. The van der Waals surface area contributed by atoms with Crippen LogP contribution in [0.4, 0.5) is 10.5 Å². The number of halogens is 1. The second-order valence-corrected chi connectivity index (χ2v) is 6.35. The Balaban J connectivity index is 1.50. The van der Waals surface area contributed by atoms with Gasteiger partial charge in [0.2, 0.25) is 0 Å². The second kappa shape index (κ2) is 7.05. The average Bonchev–Trinajstić information content (AvgIpc) is 3.06. The lowest BCUT2D eigenvalue weighted by atomic mass is 10.2. The lowest BCUT2D eigenvalue weighted by molar-refractivity contribution is 0.198. The number of anilines is 1. The summed E-state index contributed by atoms with van der Waals surface area (Å²) >= 11 is 6.04. The van der Waals surface area contributed by atoms with Crippen LogP contribution in [0, 0.1) is 0 Å². The number of urea groups is 1. The van der Waals surface area contributed by atoms with Gasteiger partial charge in [0.05, 0.1) is 0 Å². The maximum atomic E-state index is 12.2. The molecule has 0 radical (unpaired) electrons. The van der Waals surface area contributed by atoms with Crippen molar-refractivity contribution in [2.45, 2.75) is 25.7 Å². The van der Waals surface area contributed by atoms with Crippen LogP contribution in [-0.2, 0) is 0 Å². The minimum atomic E-state index is 0.0187. The first-order chi connectivity index (χ1) is 10.7. The Kier molecular flexibility index (Phi) is 4.88. The summed E-state index contributed by atoms with van der Waals surface area (Å²) < 4.78 is 0. The van der Waals surface area contributed by atoms with Gasteiger partial charge in [0.1, 0.15) is 0 Å². The number of nitrogens with one attached hydrogen (secondary N) is 1. The topological polar surface area (TPSA) is 35.6 Å². The Hall–Kier alpha value is -1.68. The fourth-order valence-corrected chi connectivity index (χ4v) is 3.25. The van der Waals surface area contributed by atoms with Gasteiger partial charge in [-0.25, -0.2) is 4.79 Å². The first-order valence-corrected chi connectivity index (χ1v) is 8.34. The SMILES string of the molecule is O=C(NC=C1CCCC1)N1CCN(c2cccc(Cl)c2)CC1. The monoisotopic (exact) mass is 319 g/mol. The molecule has 1 aromatic rings. The van der Waals surface area contributed by atoms with Gasteiger partial charge >= 0.3 is 6.03 Å². The van der Waals surface area contributed by atoms with Crippen LogP contribution in [-0.4, -0.2) is 37.1 Å². The Morgan fingerprint density at radius 3 is 2.55 bits per heavy atom. The van der Waals surface area contributed by atoms with E-state index in [4.69, 9.17) is 11.6 Å². The van der Waals surface area contributed by atoms with Crippen LogP contribution in [0.15, 0.2) is 36.0 Å². The zero-order valence-corrected chi connectivity index (χ0v) is 13.5. The van der Waals surface area contributed by atoms with Crippen LogP contribution in [0.2, 0.25) is 5.02 Å². The van der Waals surface area contributed by atoms with E-state index in [1.165, 1.54) is 18.4 Å². The molecule has 1 N–H and O–H groups in total. The first kappa shape index (κ1) is 15.2. The van der Waals surface area contributed by atoms with Crippen LogP contribution in [0.25, 0.3) is 0 Å². The quantitative estimate of drug-likeness (QED) is 0.903. The van der Waals surface area contributed by atoms with E-state index in [2.05, 4.69) is 16.3 Å². The standard InChI is InChI=1S/C17H22ClN3O/c18-15-6-3-7-16(12-15)20-8-10-21(11-9-20)17(22)19-13-14-4-1-2-5-14/h3,6-7,12-13H,1-2,4-5,8-11H2,(H,19,22). The molecule has 0 spiro atoms. The third kappa shape index (κ3) is 3.74. The number of hydrogen-bond donors (Lipinski definition) is 1. The number of hydrogen-bond acceptors (Lipinski definition) is 2. The van der Waals surface area contributed by atoms with Gasteiger partial charge in [-0.2, -0.15) is 0 Å². The van der Waals surface area contributed by atoms with E-state index in [-0.39, 0.29) is 6.03 Å². The number of allylic oxidation sites excluding steroid dienone is 1. The highest BCUT2D eigenvalue weighted by atomic mass is 35.5. The fourth-order valence-electron chi connectivity index (χ4n) is 3.07. The molecule has 1 aromatic carbocycles. The van der Waals surface area contributed by atoms with Crippen molar-refractivity contribution in [1.29, 1.82) is 0 Å². The molecular weight excluding hydrogens is 298 g/mol. The molecule has 3 rings (SSSR count). The van der Waals surface area contributed by atoms with Crippen molar-refractivity contribution in [3.63, 3.8) is 0 Å². The van der Waals surface area contributed by atoms with Gasteiger partial charge in [0.15, 0.2) is 0 Å². The van der Waals surface area contributed by atoms with E-state index in [0.29, 0.717) is 0 Å². The Bertz CT molecular complexity index is 557. The van der Waals surface area contributed by atoms with Crippen LogP contribution >= 0.6 is 11.6 Å². The van der Waals surface area contributed by atoms with Crippen molar-refractivity contribution in [1.82, 2.24) is 10.2 Å². The molecule has 0 atom stereocenters. The van der Waals surface area contributed by atoms with Crippen molar-refractivity contribution in [2.75, 3.05) is 31.1 Å². The van der Waals surface area contributed by atoms with Crippen LogP contribution in [0.3, 0.4) is 0 Å². The van der Waals surface area contributed by atoms with E-state index in [1.54, 1.807) is 0 Å².